The fourth-order valence-corrected chi connectivity index (χ4v) is 3.03. The van der Waals surface area contributed by atoms with Crippen molar-refractivity contribution in [1.29, 1.82) is 0 Å². The van der Waals surface area contributed by atoms with Crippen LogP contribution >= 0.6 is 0 Å². The predicted molar refractivity (Wildman–Crippen MR) is 96.4 cm³/mol. The number of hydrogen-bond donors (Lipinski definition) is 2. The first kappa shape index (κ1) is 17.2. The molecule has 3 rings (SSSR count). The van der Waals surface area contributed by atoms with Crippen molar-refractivity contribution in [2.75, 3.05) is 36.4 Å². The third-order valence-electron chi connectivity index (χ3n) is 4.58. The second-order valence-electron chi connectivity index (χ2n) is 6.18. The monoisotopic (exact) mass is 343 g/mol. The molecule has 0 saturated carbocycles. The highest BCUT2D eigenvalue weighted by Gasteiger charge is 2.26. The minimum atomic E-state index is -0.327. The van der Waals surface area contributed by atoms with Crippen LogP contribution in [0.25, 0.3) is 0 Å². The van der Waals surface area contributed by atoms with Gasteiger partial charge in [-0.05, 0) is 43.3 Å². The van der Waals surface area contributed by atoms with Crippen molar-refractivity contribution >= 4 is 17.3 Å². The molecule has 25 heavy (non-hydrogen) atoms. The fraction of sp³-hybridized carbons (Fsp3) is 0.316. The number of phenolic OH excluding ortho intramolecular Hbond substituents is 1. The molecule has 2 aromatic carbocycles. The van der Waals surface area contributed by atoms with E-state index < -0.39 is 0 Å². The number of nitrogens with zero attached hydrogens (tertiary/aromatic N) is 2. The molecule has 0 bridgehead atoms. The average Bonchev–Trinajstić information content (AvgIpc) is 2.63. The number of para-hydroxylation sites is 2. The van der Waals surface area contributed by atoms with Crippen molar-refractivity contribution in [2.24, 2.45) is 0 Å². The maximum Gasteiger partial charge on any atom is 0.241 e. The van der Waals surface area contributed by atoms with Crippen LogP contribution in [0.1, 0.15) is 6.92 Å². The molecule has 6 heteroatoms. The lowest BCUT2D eigenvalue weighted by atomic mass is 10.2. The smallest absolute Gasteiger partial charge is 0.241 e. The van der Waals surface area contributed by atoms with E-state index in [1.165, 1.54) is 12.1 Å². The SMILES string of the molecule is C[C@H](C(=O)Nc1ccc(F)cc1)N1CCN(c2ccccc2O)CC1. The van der Waals surface area contributed by atoms with Crippen LogP contribution in [0.5, 0.6) is 5.75 Å². The number of halogens is 1. The molecule has 5 nitrogen and oxygen atoms in total. The first-order valence-electron chi connectivity index (χ1n) is 8.38. The van der Waals surface area contributed by atoms with Gasteiger partial charge in [0.05, 0.1) is 11.7 Å². The zero-order chi connectivity index (χ0) is 17.8. The quantitative estimate of drug-likeness (QED) is 0.896. The van der Waals surface area contributed by atoms with E-state index >= 15 is 0 Å². The number of aromatic hydroxyl groups is 1. The molecule has 0 aromatic heterocycles. The third kappa shape index (κ3) is 4.09. The van der Waals surface area contributed by atoms with Gasteiger partial charge in [-0.25, -0.2) is 4.39 Å². The lowest BCUT2D eigenvalue weighted by molar-refractivity contribution is -0.120. The minimum Gasteiger partial charge on any atom is -0.506 e. The summed E-state index contributed by atoms with van der Waals surface area (Å²) in [6, 6.07) is 12.8. The number of nitrogens with one attached hydrogen (secondary N) is 1. The van der Waals surface area contributed by atoms with E-state index in [0.29, 0.717) is 5.69 Å². The Kier molecular flexibility index (Phi) is 5.19. The Labute approximate surface area is 146 Å². The van der Waals surface area contributed by atoms with Crippen molar-refractivity contribution in [3.8, 4) is 5.75 Å². The lowest BCUT2D eigenvalue weighted by Gasteiger charge is -2.38. The number of hydrogen-bond acceptors (Lipinski definition) is 4. The molecule has 0 spiro atoms. The number of anilines is 2. The molecule has 1 aliphatic heterocycles. The molecule has 1 fully saturated rings. The second-order valence-corrected chi connectivity index (χ2v) is 6.18. The Hall–Kier alpha value is -2.60. The molecule has 1 aliphatic rings. The van der Waals surface area contributed by atoms with Crippen LogP contribution < -0.4 is 10.2 Å². The molecule has 132 valence electrons. The average molecular weight is 343 g/mol. The summed E-state index contributed by atoms with van der Waals surface area (Å²) in [6.45, 7) is 4.81. The number of phenols is 1. The molecule has 2 aromatic rings. The molecular formula is C19H22FN3O2. The van der Waals surface area contributed by atoms with Crippen LogP contribution in [0.15, 0.2) is 48.5 Å². The number of amides is 1. The van der Waals surface area contributed by atoms with Gasteiger partial charge in [0, 0.05) is 31.9 Å². The summed E-state index contributed by atoms with van der Waals surface area (Å²) in [4.78, 5) is 16.6. The Morgan fingerprint density at radius 1 is 1.08 bits per heavy atom. The molecule has 1 saturated heterocycles. The maximum atomic E-state index is 12.9. The van der Waals surface area contributed by atoms with Gasteiger partial charge in [0.15, 0.2) is 0 Å². The van der Waals surface area contributed by atoms with Crippen LogP contribution in [-0.4, -0.2) is 48.1 Å². The highest BCUT2D eigenvalue weighted by Crippen LogP contribution is 2.27. The summed E-state index contributed by atoms with van der Waals surface area (Å²) in [5.41, 5.74) is 1.41. The standard InChI is InChI=1S/C19H22FN3O2/c1-14(19(25)21-16-8-6-15(20)7-9-16)22-10-12-23(13-11-22)17-4-2-3-5-18(17)24/h2-9,14,24H,10-13H2,1H3,(H,21,25)/t14-/m1/s1. The van der Waals surface area contributed by atoms with E-state index in [0.717, 1.165) is 31.9 Å². The van der Waals surface area contributed by atoms with E-state index in [2.05, 4.69) is 15.1 Å². The number of carbonyl (C=O) groups excluding carboxylic acids is 1. The van der Waals surface area contributed by atoms with Gasteiger partial charge in [-0.3, -0.25) is 9.69 Å². The summed E-state index contributed by atoms with van der Waals surface area (Å²) in [6.07, 6.45) is 0. The van der Waals surface area contributed by atoms with E-state index in [9.17, 15) is 14.3 Å². The number of carbonyl (C=O) groups is 1. The van der Waals surface area contributed by atoms with E-state index in [-0.39, 0.29) is 23.5 Å². The second kappa shape index (κ2) is 7.53. The first-order chi connectivity index (χ1) is 12.0. The first-order valence-corrected chi connectivity index (χ1v) is 8.38. The zero-order valence-electron chi connectivity index (χ0n) is 14.2. The van der Waals surface area contributed by atoms with Crippen molar-refractivity contribution < 1.29 is 14.3 Å². The lowest BCUT2D eigenvalue weighted by Crippen LogP contribution is -2.52. The zero-order valence-corrected chi connectivity index (χ0v) is 14.2. The molecule has 0 unspecified atom stereocenters. The van der Waals surface area contributed by atoms with E-state index in [1.807, 2.05) is 19.1 Å². The molecule has 2 N–H and O–H groups in total. The third-order valence-corrected chi connectivity index (χ3v) is 4.58. The topological polar surface area (TPSA) is 55.8 Å². The number of rotatable bonds is 4. The Morgan fingerprint density at radius 3 is 2.36 bits per heavy atom. The number of piperazine rings is 1. The summed E-state index contributed by atoms with van der Waals surface area (Å²) < 4.78 is 12.9. The summed E-state index contributed by atoms with van der Waals surface area (Å²) >= 11 is 0. The highest BCUT2D eigenvalue weighted by molar-refractivity contribution is 5.94. The maximum absolute atomic E-state index is 12.9. The fourth-order valence-electron chi connectivity index (χ4n) is 3.03. The largest absolute Gasteiger partial charge is 0.506 e. The predicted octanol–water partition coefficient (Wildman–Crippen LogP) is 2.68. The summed E-state index contributed by atoms with van der Waals surface area (Å²) in [7, 11) is 0. The Balaban J connectivity index is 1.56. The molecular weight excluding hydrogens is 321 g/mol. The minimum absolute atomic E-state index is 0.109. The van der Waals surface area contributed by atoms with Crippen molar-refractivity contribution in [1.82, 2.24) is 4.90 Å². The van der Waals surface area contributed by atoms with Crippen LogP contribution in [-0.2, 0) is 4.79 Å². The van der Waals surface area contributed by atoms with Crippen molar-refractivity contribution in [2.45, 2.75) is 13.0 Å². The van der Waals surface area contributed by atoms with Crippen LogP contribution in [0.4, 0.5) is 15.8 Å². The van der Waals surface area contributed by atoms with Gasteiger partial charge < -0.3 is 15.3 Å². The van der Waals surface area contributed by atoms with E-state index in [1.54, 1.807) is 24.3 Å². The molecule has 0 radical (unpaired) electrons. The van der Waals surface area contributed by atoms with Gasteiger partial charge in [0.25, 0.3) is 0 Å². The highest BCUT2D eigenvalue weighted by atomic mass is 19.1. The van der Waals surface area contributed by atoms with Gasteiger partial charge in [0.2, 0.25) is 5.91 Å². The van der Waals surface area contributed by atoms with Gasteiger partial charge in [-0.15, -0.1) is 0 Å². The van der Waals surface area contributed by atoms with Crippen LogP contribution in [0, 0.1) is 5.82 Å². The van der Waals surface area contributed by atoms with Crippen LogP contribution in [0.2, 0.25) is 0 Å². The molecule has 1 atom stereocenters. The molecule has 0 aliphatic carbocycles. The van der Waals surface area contributed by atoms with Gasteiger partial charge in [-0.2, -0.15) is 0 Å². The number of benzene rings is 2. The summed E-state index contributed by atoms with van der Waals surface area (Å²) in [5, 5.41) is 12.8. The van der Waals surface area contributed by atoms with Crippen molar-refractivity contribution in [3.63, 3.8) is 0 Å². The Morgan fingerprint density at radius 2 is 1.72 bits per heavy atom. The molecule has 1 amide bonds. The van der Waals surface area contributed by atoms with E-state index in [4.69, 9.17) is 0 Å². The van der Waals surface area contributed by atoms with Gasteiger partial charge in [-0.1, -0.05) is 12.1 Å². The molecule has 1 heterocycles. The van der Waals surface area contributed by atoms with Gasteiger partial charge in [0.1, 0.15) is 11.6 Å². The van der Waals surface area contributed by atoms with Gasteiger partial charge >= 0.3 is 0 Å². The van der Waals surface area contributed by atoms with Crippen LogP contribution in [0.3, 0.4) is 0 Å². The Bertz CT molecular complexity index is 728. The normalized spacial score (nSPS) is 16.5. The van der Waals surface area contributed by atoms with Crippen molar-refractivity contribution in [3.05, 3.63) is 54.3 Å². The summed E-state index contributed by atoms with van der Waals surface area (Å²) in [5.74, 6) is -0.160.